The topological polar surface area (TPSA) is 88.1 Å². The van der Waals surface area contributed by atoms with Crippen LogP contribution in [0, 0.1) is 0 Å². The molecule has 7 nitrogen and oxygen atoms in total. The van der Waals surface area contributed by atoms with Gasteiger partial charge in [0.1, 0.15) is 0 Å². The molecular formula is C12H20N2O5. The van der Waals surface area contributed by atoms with Crippen molar-refractivity contribution < 1.29 is 24.2 Å². The molecule has 2 amide bonds. The fourth-order valence-electron chi connectivity index (χ4n) is 2.39. The Morgan fingerprint density at radius 3 is 2.89 bits per heavy atom. The lowest BCUT2D eigenvalue weighted by Gasteiger charge is -2.34. The Morgan fingerprint density at radius 1 is 1.47 bits per heavy atom. The van der Waals surface area contributed by atoms with Gasteiger partial charge in [-0.1, -0.05) is 0 Å². The van der Waals surface area contributed by atoms with Gasteiger partial charge < -0.3 is 24.8 Å². The molecule has 2 fully saturated rings. The summed E-state index contributed by atoms with van der Waals surface area (Å²) in [6.45, 7) is 3.76. The van der Waals surface area contributed by atoms with E-state index in [2.05, 4.69) is 5.32 Å². The number of morpholine rings is 1. The van der Waals surface area contributed by atoms with Gasteiger partial charge in [-0.25, -0.2) is 9.59 Å². The number of urea groups is 1. The van der Waals surface area contributed by atoms with E-state index in [4.69, 9.17) is 14.6 Å². The molecule has 0 bridgehead atoms. The molecule has 2 aliphatic heterocycles. The van der Waals surface area contributed by atoms with Crippen molar-refractivity contribution in [3.05, 3.63) is 0 Å². The van der Waals surface area contributed by atoms with Gasteiger partial charge >= 0.3 is 12.0 Å². The van der Waals surface area contributed by atoms with E-state index in [1.807, 2.05) is 6.92 Å². The number of ether oxygens (including phenoxy) is 2. The molecule has 0 spiro atoms. The van der Waals surface area contributed by atoms with Crippen LogP contribution in [0.3, 0.4) is 0 Å². The summed E-state index contributed by atoms with van der Waals surface area (Å²) in [7, 11) is 0. The van der Waals surface area contributed by atoms with Crippen LogP contribution in [0.15, 0.2) is 0 Å². The van der Waals surface area contributed by atoms with Gasteiger partial charge in [0.05, 0.1) is 18.8 Å². The molecule has 2 N–H and O–H groups in total. The van der Waals surface area contributed by atoms with E-state index in [0.29, 0.717) is 26.3 Å². The third kappa shape index (κ3) is 3.36. The zero-order chi connectivity index (χ0) is 13.9. The largest absolute Gasteiger partial charge is 0.480 e. The number of carbonyl (C=O) groups is 2. The first-order chi connectivity index (χ1) is 9.02. The number of carboxylic acids is 1. The summed E-state index contributed by atoms with van der Waals surface area (Å²) in [5, 5.41) is 11.8. The Hall–Kier alpha value is -1.34. The van der Waals surface area contributed by atoms with Crippen LogP contribution in [-0.4, -0.2) is 66.6 Å². The smallest absolute Gasteiger partial charge is 0.328 e. The minimum absolute atomic E-state index is 0.0382. The van der Waals surface area contributed by atoms with Crippen LogP contribution < -0.4 is 5.32 Å². The zero-order valence-corrected chi connectivity index (χ0v) is 11.1. The molecule has 2 atom stereocenters. The highest BCUT2D eigenvalue weighted by Gasteiger charge is 2.35. The molecule has 108 valence electrons. The second kappa shape index (κ2) is 5.75. The van der Waals surface area contributed by atoms with E-state index in [1.54, 1.807) is 0 Å². The SMILES string of the molecule is CC1(CNC(=O)N2CCOCC2C(=O)O)CCCO1. The number of nitrogens with zero attached hydrogens (tertiary/aromatic N) is 1. The maximum absolute atomic E-state index is 12.1. The second-order valence-corrected chi connectivity index (χ2v) is 5.18. The van der Waals surface area contributed by atoms with Gasteiger partial charge in [0.15, 0.2) is 6.04 Å². The van der Waals surface area contributed by atoms with Crippen LogP contribution in [0.4, 0.5) is 4.79 Å². The zero-order valence-electron chi connectivity index (χ0n) is 11.1. The number of nitrogens with one attached hydrogen (secondary N) is 1. The van der Waals surface area contributed by atoms with Gasteiger partial charge in [-0.2, -0.15) is 0 Å². The minimum Gasteiger partial charge on any atom is -0.480 e. The highest BCUT2D eigenvalue weighted by Crippen LogP contribution is 2.24. The lowest BCUT2D eigenvalue weighted by atomic mass is 10.0. The third-order valence-electron chi connectivity index (χ3n) is 3.59. The maximum Gasteiger partial charge on any atom is 0.328 e. The molecule has 0 aromatic rings. The van der Waals surface area contributed by atoms with Gasteiger partial charge in [-0.05, 0) is 19.8 Å². The molecule has 0 saturated carbocycles. The highest BCUT2D eigenvalue weighted by molar-refractivity contribution is 5.83. The van der Waals surface area contributed by atoms with Crippen LogP contribution >= 0.6 is 0 Å². The Balaban J connectivity index is 1.89. The van der Waals surface area contributed by atoms with Crippen molar-refractivity contribution in [1.29, 1.82) is 0 Å². The number of hydrogen-bond donors (Lipinski definition) is 2. The molecule has 2 aliphatic rings. The first-order valence-electron chi connectivity index (χ1n) is 6.51. The predicted octanol–water partition coefficient (Wildman–Crippen LogP) is 0.0505. The van der Waals surface area contributed by atoms with E-state index in [0.717, 1.165) is 12.8 Å². The normalized spacial score (nSPS) is 31.2. The van der Waals surface area contributed by atoms with Crippen LogP contribution in [0.25, 0.3) is 0 Å². The number of amides is 2. The molecule has 0 aliphatic carbocycles. The minimum atomic E-state index is -1.04. The van der Waals surface area contributed by atoms with E-state index in [1.165, 1.54) is 4.90 Å². The lowest BCUT2D eigenvalue weighted by Crippen LogP contribution is -2.57. The van der Waals surface area contributed by atoms with Crippen molar-refractivity contribution in [2.45, 2.75) is 31.4 Å². The van der Waals surface area contributed by atoms with Crippen molar-refractivity contribution in [1.82, 2.24) is 10.2 Å². The first kappa shape index (κ1) is 14.1. The fourth-order valence-corrected chi connectivity index (χ4v) is 2.39. The van der Waals surface area contributed by atoms with E-state index < -0.39 is 12.0 Å². The first-order valence-corrected chi connectivity index (χ1v) is 6.51. The Bertz CT molecular complexity index is 354. The van der Waals surface area contributed by atoms with Gasteiger partial charge in [-0.3, -0.25) is 0 Å². The number of aliphatic carboxylic acids is 1. The van der Waals surface area contributed by atoms with E-state index in [9.17, 15) is 9.59 Å². The van der Waals surface area contributed by atoms with Gasteiger partial charge in [-0.15, -0.1) is 0 Å². The van der Waals surface area contributed by atoms with Crippen molar-refractivity contribution in [3.8, 4) is 0 Å². The molecule has 0 aromatic heterocycles. The Labute approximate surface area is 111 Å². The monoisotopic (exact) mass is 272 g/mol. The number of hydrogen-bond acceptors (Lipinski definition) is 4. The number of carboxylic acid groups (broad SMARTS) is 1. The predicted molar refractivity (Wildman–Crippen MR) is 65.9 cm³/mol. The van der Waals surface area contributed by atoms with Gasteiger partial charge in [0, 0.05) is 19.7 Å². The number of carbonyl (C=O) groups excluding carboxylic acids is 1. The average Bonchev–Trinajstić information content (AvgIpc) is 2.83. The molecule has 2 rings (SSSR count). The van der Waals surface area contributed by atoms with Crippen LogP contribution in [0.1, 0.15) is 19.8 Å². The summed E-state index contributed by atoms with van der Waals surface area (Å²) < 4.78 is 10.7. The second-order valence-electron chi connectivity index (χ2n) is 5.18. The van der Waals surface area contributed by atoms with Crippen LogP contribution in [-0.2, 0) is 14.3 Å². The van der Waals surface area contributed by atoms with E-state index in [-0.39, 0.29) is 18.2 Å². The van der Waals surface area contributed by atoms with Crippen molar-refractivity contribution >= 4 is 12.0 Å². The summed E-state index contributed by atoms with van der Waals surface area (Å²) in [6.07, 6.45) is 1.89. The maximum atomic E-state index is 12.1. The van der Waals surface area contributed by atoms with Crippen molar-refractivity contribution in [2.24, 2.45) is 0 Å². The molecule has 7 heteroatoms. The fraction of sp³-hybridized carbons (Fsp3) is 0.833. The standard InChI is InChI=1S/C12H20N2O5/c1-12(3-2-5-19-12)8-13-11(17)14-4-6-18-7-9(14)10(15)16/h9H,2-8H2,1H3,(H,13,17)(H,15,16). The molecule has 0 radical (unpaired) electrons. The third-order valence-corrected chi connectivity index (χ3v) is 3.59. The summed E-state index contributed by atoms with van der Waals surface area (Å²) in [5.74, 6) is -1.04. The highest BCUT2D eigenvalue weighted by atomic mass is 16.5. The summed E-state index contributed by atoms with van der Waals surface area (Å²) in [4.78, 5) is 24.4. The quantitative estimate of drug-likeness (QED) is 0.758. The van der Waals surface area contributed by atoms with Crippen molar-refractivity contribution in [2.75, 3.05) is 32.9 Å². The summed E-state index contributed by atoms with van der Waals surface area (Å²) >= 11 is 0. The average molecular weight is 272 g/mol. The van der Waals surface area contributed by atoms with Crippen LogP contribution in [0.5, 0.6) is 0 Å². The molecule has 2 unspecified atom stereocenters. The Morgan fingerprint density at radius 2 is 2.26 bits per heavy atom. The summed E-state index contributed by atoms with van der Waals surface area (Å²) in [6, 6.07) is -1.28. The molecule has 2 heterocycles. The lowest BCUT2D eigenvalue weighted by molar-refractivity contribution is -0.147. The molecule has 2 saturated heterocycles. The van der Waals surface area contributed by atoms with Crippen molar-refractivity contribution in [3.63, 3.8) is 0 Å². The molecule has 0 aromatic carbocycles. The molecule has 19 heavy (non-hydrogen) atoms. The number of rotatable bonds is 3. The van der Waals surface area contributed by atoms with Gasteiger partial charge in [0.25, 0.3) is 0 Å². The van der Waals surface area contributed by atoms with E-state index >= 15 is 0 Å². The molecular weight excluding hydrogens is 252 g/mol. The van der Waals surface area contributed by atoms with Crippen LogP contribution in [0.2, 0.25) is 0 Å². The summed E-state index contributed by atoms with van der Waals surface area (Å²) in [5.41, 5.74) is -0.333. The Kier molecular flexibility index (Phi) is 4.26. The van der Waals surface area contributed by atoms with Gasteiger partial charge in [0.2, 0.25) is 0 Å².